The second-order valence-corrected chi connectivity index (χ2v) is 5.72. The highest BCUT2D eigenvalue weighted by molar-refractivity contribution is 8.01. The van der Waals surface area contributed by atoms with Gasteiger partial charge in [-0.15, -0.1) is 0 Å². The van der Waals surface area contributed by atoms with Gasteiger partial charge in [0, 0.05) is 11.6 Å². The van der Waals surface area contributed by atoms with Crippen LogP contribution in [0.3, 0.4) is 0 Å². The minimum absolute atomic E-state index is 0.483. The number of benzene rings is 1. The molecule has 5 heteroatoms. The Morgan fingerprint density at radius 3 is 2.76 bits per heavy atom. The first-order valence-electron chi connectivity index (χ1n) is 5.13. The second-order valence-electron chi connectivity index (χ2n) is 4.13. The summed E-state index contributed by atoms with van der Waals surface area (Å²) in [6.07, 6.45) is 1.71. The minimum atomic E-state index is -0.928. The van der Waals surface area contributed by atoms with Gasteiger partial charge in [0.15, 0.2) is 5.16 Å². The molecule has 1 aromatic heterocycles. The van der Waals surface area contributed by atoms with Crippen LogP contribution in [0, 0.1) is 0 Å². The molecule has 1 aromatic carbocycles. The van der Waals surface area contributed by atoms with Crippen LogP contribution >= 0.6 is 11.8 Å². The number of carboxylic acids is 1. The fourth-order valence-electron chi connectivity index (χ4n) is 1.28. The predicted molar refractivity (Wildman–Crippen MR) is 67.1 cm³/mol. The average molecular weight is 248 g/mol. The Morgan fingerprint density at radius 2 is 2.06 bits per heavy atom. The molecule has 0 fully saturated rings. The molecular formula is C12H12N2O2S. The van der Waals surface area contributed by atoms with Gasteiger partial charge in [0.05, 0.1) is 5.52 Å². The summed E-state index contributed by atoms with van der Waals surface area (Å²) in [5, 5.41) is 10.5. The van der Waals surface area contributed by atoms with E-state index in [0.29, 0.717) is 5.16 Å². The van der Waals surface area contributed by atoms with Gasteiger partial charge in [-0.3, -0.25) is 4.79 Å². The number of hydrogen-bond donors (Lipinski definition) is 1. The summed E-state index contributed by atoms with van der Waals surface area (Å²) in [6.45, 7) is 3.27. The van der Waals surface area contributed by atoms with Crippen LogP contribution in [-0.4, -0.2) is 25.8 Å². The van der Waals surface area contributed by atoms with E-state index in [4.69, 9.17) is 5.11 Å². The van der Waals surface area contributed by atoms with Crippen molar-refractivity contribution in [3.05, 3.63) is 30.5 Å². The lowest BCUT2D eigenvalue weighted by atomic mass is 10.2. The van der Waals surface area contributed by atoms with Gasteiger partial charge in [0.2, 0.25) is 0 Å². The highest BCUT2D eigenvalue weighted by Crippen LogP contribution is 2.30. The molecule has 0 aliphatic carbocycles. The molecule has 0 aliphatic heterocycles. The van der Waals surface area contributed by atoms with Crippen molar-refractivity contribution >= 4 is 28.6 Å². The second kappa shape index (κ2) is 4.33. The summed E-state index contributed by atoms with van der Waals surface area (Å²) in [6, 6.07) is 7.62. The molecule has 0 saturated heterocycles. The number of aliphatic carboxylic acids is 1. The van der Waals surface area contributed by atoms with Crippen LogP contribution in [0.5, 0.6) is 0 Å². The van der Waals surface area contributed by atoms with E-state index < -0.39 is 10.7 Å². The Kier molecular flexibility index (Phi) is 3.02. The summed E-state index contributed by atoms with van der Waals surface area (Å²) in [7, 11) is 0. The minimum Gasteiger partial charge on any atom is -0.480 e. The van der Waals surface area contributed by atoms with Crippen LogP contribution in [0.1, 0.15) is 13.8 Å². The maximum Gasteiger partial charge on any atom is 0.319 e. The van der Waals surface area contributed by atoms with Gasteiger partial charge in [0.1, 0.15) is 4.75 Å². The van der Waals surface area contributed by atoms with E-state index in [1.165, 1.54) is 0 Å². The fourth-order valence-corrected chi connectivity index (χ4v) is 2.07. The first-order valence-corrected chi connectivity index (χ1v) is 5.95. The Labute approximate surface area is 103 Å². The molecule has 0 amide bonds. The Bertz CT molecular complexity index is 569. The topological polar surface area (TPSA) is 63.1 Å². The van der Waals surface area contributed by atoms with Crippen molar-refractivity contribution in [3.8, 4) is 0 Å². The molecule has 88 valence electrons. The molecule has 1 N–H and O–H groups in total. The number of fused-ring (bicyclic) bond motifs is 1. The van der Waals surface area contributed by atoms with E-state index >= 15 is 0 Å². The number of rotatable bonds is 3. The van der Waals surface area contributed by atoms with Gasteiger partial charge >= 0.3 is 5.97 Å². The molecule has 4 nitrogen and oxygen atoms in total. The van der Waals surface area contributed by atoms with Crippen molar-refractivity contribution in [2.75, 3.05) is 0 Å². The Hall–Kier alpha value is -1.62. The molecule has 0 saturated carbocycles. The predicted octanol–water partition coefficient (Wildman–Crippen LogP) is 2.59. The zero-order valence-corrected chi connectivity index (χ0v) is 10.4. The third kappa shape index (κ3) is 2.55. The van der Waals surface area contributed by atoms with Crippen LogP contribution in [0.15, 0.2) is 35.6 Å². The third-order valence-electron chi connectivity index (χ3n) is 2.33. The van der Waals surface area contributed by atoms with Crippen LogP contribution in [0.2, 0.25) is 0 Å². The summed E-state index contributed by atoms with van der Waals surface area (Å²) in [5.74, 6) is -0.876. The number of hydrogen-bond acceptors (Lipinski definition) is 4. The normalized spacial score (nSPS) is 11.6. The maximum absolute atomic E-state index is 11.0. The van der Waals surface area contributed by atoms with Gasteiger partial charge in [-0.2, -0.15) is 0 Å². The molecule has 0 aliphatic rings. The lowest BCUT2D eigenvalue weighted by Gasteiger charge is -2.16. The molecule has 1 heterocycles. The summed E-state index contributed by atoms with van der Waals surface area (Å²) >= 11 is 1.15. The van der Waals surface area contributed by atoms with E-state index in [9.17, 15) is 4.79 Å². The quantitative estimate of drug-likeness (QED) is 0.668. The van der Waals surface area contributed by atoms with Gasteiger partial charge in [-0.1, -0.05) is 30.0 Å². The van der Waals surface area contributed by atoms with Crippen molar-refractivity contribution < 1.29 is 9.90 Å². The van der Waals surface area contributed by atoms with Gasteiger partial charge in [-0.25, -0.2) is 9.97 Å². The lowest BCUT2D eigenvalue weighted by Crippen LogP contribution is -2.27. The number of para-hydroxylation sites is 1. The van der Waals surface area contributed by atoms with E-state index in [1.807, 2.05) is 24.3 Å². The molecule has 2 rings (SSSR count). The third-order valence-corrected chi connectivity index (χ3v) is 3.39. The van der Waals surface area contributed by atoms with Crippen molar-refractivity contribution in [1.82, 2.24) is 9.97 Å². The summed E-state index contributed by atoms with van der Waals surface area (Å²) < 4.78 is -0.928. The zero-order chi connectivity index (χ0) is 12.5. The number of aromatic nitrogens is 2. The first kappa shape index (κ1) is 11.9. The smallest absolute Gasteiger partial charge is 0.319 e. The standard InChI is InChI=1S/C12H12N2O2S/c1-12(2,10(15)16)17-11-13-7-8-5-3-4-6-9(8)14-11/h3-7H,1-2H3,(H,15,16). The molecule has 0 spiro atoms. The Morgan fingerprint density at radius 1 is 1.35 bits per heavy atom. The molecular weight excluding hydrogens is 236 g/mol. The van der Waals surface area contributed by atoms with E-state index in [2.05, 4.69) is 9.97 Å². The molecule has 17 heavy (non-hydrogen) atoms. The monoisotopic (exact) mass is 248 g/mol. The molecule has 0 bridgehead atoms. The average Bonchev–Trinajstić information content (AvgIpc) is 2.28. The van der Waals surface area contributed by atoms with Crippen molar-refractivity contribution in [1.29, 1.82) is 0 Å². The van der Waals surface area contributed by atoms with Gasteiger partial charge in [0.25, 0.3) is 0 Å². The molecule has 0 radical (unpaired) electrons. The van der Waals surface area contributed by atoms with Crippen LogP contribution < -0.4 is 0 Å². The van der Waals surface area contributed by atoms with Crippen LogP contribution in [0.25, 0.3) is 10.9 Å². The number of carboxylic acid groups (broad SMARTS) is 1. The lowest BCUT2D eigenvalue weighted by molar-refractivity contribution is -0.138. The van der Waals surface area contributed by atoms with Crippen LogP contribution in [0.4, 0.5) is 0 Å². The molecule has 2 aromatic rings. The SMILES string of the molecule is CC(C)(Sc1ncc2ccccc2n1)C(=O)O. The van der Waals surface area contributed by atoms with Crippen molar-refractivity contribution in [3.63, 3.8) is 0 Å². The van der Waals surface area contributed by atoms with Crippen molar-refractivity contribution in [2.45, 2.75) is 23.8 Å². The highest BCUT2D eigenvalue weighted by atomic mass is 32.2. The van der Waals surface area contributed by atoms with Gasteiger partial charge < -0.3 is 5.11 Å². The summed E-state index contributed by atoms with van der Waals surface area (Å²) in [4.78, 5) is 19.5. The number of thioether (sulfide) groups is 1. The maximum atomic E-state index is 11.0. The molecule has 0 atom stereocenters. The number of carbonyl (C=O) groups is 1. The van der Waals surface area contributed by atoms with E-state index in [0.717, 1.165) is 22.7 Å². The van der Waals surface area contributed by atoms with Crippen molar-refractivity contribution in [2.24, 2.45) is 0 Å². The molecule has 0 unspecified atom stereocenters. The Balaban J connectivity index is 2.34. The number of nitrogens with zero attached hydrogens (tertiary/aromatic N) is 2. The van der Waals surface area contributed by atoms with E-state index in [1.54, 1.807) is 20.0 Å². The zero-order valence-electron chi connectivity index (χ0n) is 9.54. The summed E-state index contributed by atoms with van der Waals surface area (Å²) in [5.41, 5.74) is 0.825. The first-order chi connectivity index (χ1) is 7.99. The largest absolute Gasteiger partial charge is 0.480 e. The van der Waals surface area contributed by atoms with Gasteiger partial charge in [-0.05, 0) is 19.9 Å². The fraction of sp³-hybridized carbons (Fsp3) is 0.250. The van der Waals surface area contributed by atoms with E-state index in [-0.39, 0.29) is 0 Å². The van der Waals surface area contributed by atoms with Crippen LogP contribution in [-0.2, 0) is 4.79 Å². The highest BCUT2D eigenvalue weighted by Gasteiger charge is 2.29.